The number of halogens is 6. The van der Waals surface area contributed by atoms with Crippen LogP contribution >= 0.6 is 0 Å². The molecule has 3 aromatic rings. The minimum atomic E-state index is -5.11. The van der Waals surface area contributed by atoms with Crippen LogP contribution in [0.3, 0.4) is 0 Å². The molecular formula is C29H30F6. The van der Waals surface area contributed by atoms with Gasteiger partial charge in [-0.15, -0.1) is 0 Å². The third-order valence-corrected chi connectivity index (χ3v) is 7.55. The largest absolute Gasteiger partial charge is 0.422 e. The molecule has 0 saturated heterocycles. The first kappa shape index (κ1) is 25.6. The zero-order valence-electron chi connectivity index (χ0n) is 19.8. The Balaban J connectivity index is 1.42. The number of alkyl halides is 3. The van der Waals surface area contributed by atoms with E-state index in [2.05, 4.69) is 6.92 Å². The summed E-state index contributed by atoms with van der Waals surface area (Å²) in [5.41, 5.74) is -0.310. The summed E-state index contributed by atoms with van der Waals surface area (Å²) in [6, 6.07) is 10.6. The first-order chi connectivity index (χ1) is 16.7. The Morgan fingerprint density at radius 1 is 0.743 bits per heavy atom. The number of benzene rings is 3. The molecular weight excluding hydrogens is 462 g/mol. The molecule has 1 aliphatic rings. The molecule has 0 amide bonds. The summed E-state index contributed by atoms with van der Waals surface area (Å²) in [4.78, 5) is 0. The van der Waals surface area contributed by atoms with E-state index in [9.17, 15) is 22.0 Å². The number of rotatable bonds is 7. The van der Waals surface area contributed by atoms with E-state index < -0.39 is 29.2 Å². The van der Waals surface area contributed by atoms with E-state index in [0.717, 1.165) is 30.1 Å². The van der Waals surface area contributed by atoms with Gasteiger partial charge in [-0.05, 0) is 71.7 Å². The molecule has 0 heterocycles. The van der Waals surface area contributed by atoms with Crippen molar-refractivity contribution in [3.05, 3.63) is 82.2 Å². The van der Waals surface area contributed by atoms with E-state index in [1.54, 1.807) is 12.1 Å². The lowest BCUT2D eigenvalue weighted by Crippen LogP contribution is -2.14. The zero-order chi connectivity index (χ0) is 25.2. The van der Waals surface area contributed by atoms with Gasteiger partial charge in [0, 0.05) is 5.39 Å². The van der Waals surface area contributed by atoms with Gasteiger partial charge in [-0.25, -0.2) is 13.2 Å². The first-order valence-corrected chi connectivity index (χ1v) is 12.4. The van der Waals surface area contributed by atoms with E-state index in [1.165, 1.54) is 37.7 Å². The van der Waals surface area contributed by atoms with Crippen LogP contribution in [-0.4, -0.2) is 0 Å². The Kier molecular flexibility index (Phi) is 7.77. The van der Waals surface area contributed by atoms with Crippen molar-refractivity contribution in [2.45, 2.75) is 70.9 Å². The number of aryl methyl sites for hydroxylation is 3. The zero-order valence-corrected chi connectivity index (χ0v) is 19.8. The maximum atomic E-state index is 15.1. The van der Waals surface area contributed by atoms with Gasteiger partial charge in [-0.2, -0.15) is 13.2 Å². The molecule has 0 N–H and O–H groups in total. The minimum Gasteiger partial charge on any atom is -0.206 e. The highest BCUT2D eigenvalue weighted by Crippen LogP contribution is 2.35. The van der Waals surface area contributed by atoms with Gasteiger partial charge in [0.05, 0.1) is 0 Å². The quantitative estimate of drug-likeness (QED) is 0.288. The third kappa shape index (κ3) is 6.02. The van der Waals surface area contributed by atoms with E-state index in [1.807, 2.05) is 18.2 Å². The van der Waals surface area contributed by atoms with Crippen LogP contribution in [0.15, 0.2) is 42.5 Å². The summed E-state index contributed by atoms with van der Waals surface area (Å²) in [5, 5.41) is 1.27. The molecule has 0 atom stereocenters. The van der Waals surface area contributed by atoms with Crippen molar-refractivity contribution in [2.24, 2.45) is 11.8 Å². The predicted molar refractivity (Wildman–Crippen MR) is 127 cm³/mol. The van der Waals surface area contributed by atoms with Crippen LogP contribution in [0, 0.1) is 29.3 Å². The predicted octanol–water partition coefficient (Wildman–Crippen LogP) is 9.21. The molecule has 0 bridgehead atoms. The van der Waals surface area contributed by atoms with Gasteiger partial charge in [-0.1, -0.05) is 69.4 Å². The first-order valence-electron chi connectivity index (χ1n) is 12.4. The second-order valence-electron chi connectivity index (χ2n) is 9.86. The molecule has 0 nitrogen and oxygen atoms in total. The fraction of sp³-hybridized carbons (Fsp3) is 0.448. The van der Waals surface area contributed by atoms with Crippen LogP contribution < -0.4 is 0 Å². The third-order valence-electron chi connectivity index (χ3n) is 7.55. The molecule has 1 aliphatic carbocycles. The molecule has 1 saturated carbocycles. The minimum absolute atomic E-state index is 0.0206. The standard InChI is InChI=1S/C29H30F6/c1-2-18-3-5-19(6-4-18)7-8-20-10-14-24-23(15-20)13-12-22(28(24)32)11-9-21-16-25(30)27(26(31)17-21)29(33,34)35/h10,12-19H,2-9,11H2,1H3. The van der Waals surface area contributed by atoms with Crippen LogP contribution in [0.5, 0.6) is 0 Å². The lowest BCUT2D eigenvalue weighted by Gasteiger charge is -2.27. The van der Waals surface area contributed by atoms with Crippen molar-refractivity contribution >= 4 is 10.8 Å². The molecule has 0 aliphatic heterocycles. The summed E-state index contributed by atoms with van der Waals surface area (Å²) in [7, 11) is 0. The molecule has 0 spiro atoms. The van der Waals surface area contributed by atoms with Gasteiger partial charge in [0.2, 0.25) is 0 Å². The normalized spacial score (nSPS) is 18.8. The topological polar surface area (TPSA) is 0 Å². The van der Waals surface area contributed by atoms with E-state index >= 15 is 4.39 Å². The Bertz CT molecular complexity index is 1150. The van der Waals surface area contributed by atoms with Crippen molar-refractivity contribution < 1.29 is 26.3 Å². The van der Waals surface area contributed by atoms with Crippen LogP contribution in [0.2, 0.25) is 0 Å². The summed E-state index contributed by atoms with van der Waals surface area (Å²) in [6.07, 6.45) is 3.62. The Labute approximate surface area is 202 Å². The van der Waals surface area contributed by atoms with E-state index in [0.29, 0.717) is 23.1 Å². The number of fused-ring (bicyclic) bond motifs is 1. The Morgan fingerprint density at radius 2 is 1.40 bits per heavy atom. The molecule has 1 fully saturated rings. The lowest BCUT2D eigenvalue weighted by molar-refractivity contribution is -0.142. The van der Waals surface area contributed by atoms with Crippen molar-refractivity contribution in [3.8, 4) is 0 Å². The second kappa shape index (κ2) is 10.6. The SMILES string of the molecule is CCC1CCC(CCc2ccc3c(F)c(CCc4cc(F)c(C(F)(F)F)c(F)c4)ccc3c2)CC1. The maximum Gasteiger partial charge on any atom is 0.422 e. The summed E-state index contributed by atoms with van der Waals surface area (Å²) in [6.45, 7) is 2.26. The lowest BCUT2D eigenvalue weighted by atomic mass is 9.78. The number of hydrogen-bond acceptors (Lipinski definition) is 0. The molecule has 0 radical (unpaired) electrons. The van der Waals surface area contributed by atoms with Crippen molar-refractivity contribution in [1.29, 1.82) is 0 Å². The van der Waals surface area contributed by atoms with Gasteiger partial charge >= 0.3 is 6.18 Å². The van der Waals surface area contributed by atoms with Crippen LogP contribution in [0.4, 0.5) is 26.3 Å². The van der Waals surface area contributed by atoms with Crippen LogP contribution in [0.25, 0.3) is 10.8 Å². The summed E-state index contributed by atoms with van der Waals surface area (Å²) in [5.74, 6) is -2.08. The van der Waals surface area contributed by atoms with Gasteiger partial charge in [0.15, 0.2) is 0 Å². The fourth-order valence-corrected chi connectivity index (χ4v) is 5.35. The smallest absolute Gasteiger partial charge is 0.206 e. The average molecular weight is 493 g/mol. The highest BCUT2D eigenvalue weighted by Gasteiger charge is 2.37. The van der Waals surface area contributed by atoms with Gasteiger partial charge in [-0.3, -0.25) is 0 Å². The molecule has 188 valence electrons. The monoisotopic (exact) mass is 492 g/mol. The molecule has 3 aromatic carbocycles. The summed E-state index contributed by atoms with van der Waals surface area (Å²) < 4.78 is 81.1. The van der Waals surface area contributed by atoms with Crippen molar-refractivity contribution in [1.82, 2.24) is 0 Å². The maximum absolute atomic E-state index is 15.1. The molecule has 0 unspecified atom stereocenters. The highest BCUT2D eigenvalue weighted by molar-refractivity contribution is 5.84. The summed E-state index contributed by atoms with van der Waals surface area (Å²) >= 11 is 0. The van der Waals surface area contributed by atoms with Crippen molar-refractivity contribution in [2.75, 3.05) is 0 Å². The molecule has 0 aromatic heterocycles. The van der Waals surface area contributed by atoms with Gasteiger partial charge in [0.1, 0.15) is 23.0 Å². The Hall–Kier alpha value is -2.50. The van der Waals surface area contributed by atoms with Crippen LogP contribution in [-0.2, 0) is 25.4 Å². The number of hydrogen-bond donors (Lipinski definition) is 0. The fourth-order valence-electron chi connectivity index (χ4n) is 5.35. The van der Waals surface area contributed by atoms with Gasteiger partial charge < -0.3 is 0 Å². The van der Waals surface area contributed by atoms with Crippen LogP contribution in [0.1, 0.15) is 67.7 Å². The Morgan fingerprint density at radius 3 is 2.03 bits per heavy atom. The molecule has 6 heteroatoms. The van der Waals surface area contributed by atoms with Crippen molar-refractivity contribution in [3.63, 3.8) is 0 Å². The second-order valence-corrected chi connectivity index (χ2v) is 9.86. The molecule has 4 rings (SSSR count). The highest BCUT2D eigenvalue weighted by atomic mass is 19.4. The molecule has 35 heavy (non-hydrogen) atoms. The average Bonchev–Trinajstić information content (AvgIpc) is 2.81. The van der Waals surface area contributed by atoms with E-state index in [-0.39, 0.29) is 18.4 Å². The van der Waals surface area contributed by atoms with E-state index in [4.69, 9.17) is 0 Å². The van der Waals surface area contributed by atoms with Gasteiger partial charge in [0.25, 0.3) is 0 Å².